The fourth-order valence-corrected chi connectivity index (χ4v) is 3.16. The number of carbonyl (C=O) groups is 2. The topological polar surface area (TPSA) is 81.5 Å². The highest BCUT2D eigenvalue weighted by Gasteiger charge is 2.30. The molecule has 1 aromatic heterocycles. The van der Waals surface area contributed by atoms with E-state index in [2.05, 4.69) is 9.84 Å². The zero-order chi connectivity index (χ0) is 24.3. The van der Waals surface area contributed by atoms with Crippen LogP contribution in [0, 0.1) is 6.92 Å². The first kappa shape index (κ1) is 23.7. The van der Waals surface area contributed by atoms with Crippen LogP contribution in [0.15, 0.2) is 59.4 Å². The van der Waals surface area contributed by atoms with Crippen molar-refractivity contribution < 1.29 is 27.5 Å². The van der Waals surface area contributed by atoms with Gasteiger partial charge in [-0.25, -0.2) is 9.48 Å². The van der Waals surface area contributed by atoms with Gasteiger partial charge in [0, 0.05) is 25.4 Å². The van der Waals surface area contributed by atoms with Crippen molar-refractivity contribution in [1.29, 1.82) is 0 Å². The average Bonchev–Trinajstić information content (AvgIpc) is 2.78. The number of aryl methyl sites for hydroxylation is 1. The van der Waals surface area contributed by atoms with E-state index in [1.165, 1.54) is 38.1 Å². The van der Waals surface area contributed by atoms with Gasteiger partial charge < -0.3 is 9.64 Å². The Hall–Kier alpha value is -3.95. The number of nitrogens with zero attached hydrogens (tertiary/aromatic N) is 3. The highest BCUT2D eigenvalue weighted by Crippen LogP contribution is 2.30. The number of hydrogen-bond donors (Lipinski definition) is 0. The molecule has 1 heterocycles. The summed E-state index contributed by atoms with van der Waals surface area (Å²) in [5.41, 5.74) is -0.571. The summed E-state index contributed by atoms with van der Waals surface area (Å²) in [7, 11) is 2.73. The highest BCUT2D eigenvalue weighted by molar-refractivity contribution is 5.92. The lowest BCUT2D eigenvalue weighted by molar-refractivity contribution is -0.137. The molecule has 172 valence electrons. The number of hydrogen-bond acceptors (Lipinski definition) is 5. The van der Waals surface area contributed by atoms with E-state index >= 15 is 0 Å². The third-order valence-corrected chi connectivity index (χ3v) is 4.87. The van der Waals surface area contributed by atoms with Crippen molar-refractivity contribution in [3.63, 3.8) is 0 Å². The molecule has 0 spiro atoms. The van der Waals surface area contributed by atoms with Gasteiger partial charge in [-0.05, 0) is 42.8 Å². The number of ether oxygens (including phenoxy) is 1. The first-order valence-corrected chi connectivity index (χ1v) is 9.72. The van der Waals surface area contributed by atoms with Gasteiger partial charge in [0.15, 0.2) is 5.69 Å². The Labute approximate surface area is 187 Å². The molecule has 0 bridgehead atoms. The molecule has 0 fully saturated rings. The lowest BCUT2D eigenvalue weighted by Crippen LogP contribution is -2.33. The van der Waals surface area contributed by atoms with Gasteiger partial charge >= 0.3 is 12.1 Å². The molecule has 3 rings (SSSR count). The van der Waals surface area contributed by atoms with Crippen LogP contribution in [0.4, 0.5) is 13.2 Å². The molecule has 10 heteroatoms. The molecule has 0 N–H and O–H groups in total. The molecule has 0 saturated heterocycles. The quantitative estimate of drug-likeness (QED) is 0.545. The van der Waals surface area contributed by atoms with E-state index in [9.17, 15) is 27.6 Å². The summed E-state index contributed by atoms with van der Waals surface area (Å²) in [6, 6.07) is 12.0. The minimum atomic E-state index is -4.55. The van der Waals surface area contributed by atoms with Crippen LogP contribution in [-0.2, 0) is 17.5 Å². The van der Waals surface area contributed by atoms with Crippen LogP contribution < -0.4 is 5.43 Å². The van der Waals surface area contributed by atoms with E-state index in [4.69, 9.17) is 0 Å². The Kier molecular flexibility index (Phi) is 6.66. The molecule has 0 radical (unpaired) electrons. The first-order valence-electron chi connectivity index (χ1n) is 9.72. The summed E-state index contributed by atoms with van der Waals surface area (Å²) in [6.07, 6.45) is -4.55. The van der Waals surface area contributed by atoms with Gasteiger partial charge in [0.05, 0.1) is 23.9 Å². The van der Waals surface area contributed by atoms with Gasteiger partial charge in [0.2, 0.25) is 5.43 Å². The van der Waals surface area contributed by atoms with E-state index in [-0.39, 0.29) is 17.9 Å². The zero-order valence-electron chi connectivity index (χ0n) is 18.0. The summed E-state index contributed by atoms with van der Waals surface area (Å²) in [5.74, 6) is -1.19. The maximum Gasteiger partial charge on any atom is 0.416 e. The SMILES string of the molecule is COC(=O)c1ccc(CN(C)C(=O)c2nn(-c3cccc(C(F)(F)F)c3)c(C)cc2=O)cc1. The lowest BCUT2D eigenvalue weighted by Gasteiger charge is -2.18. The van der Waals surface area contributed by atoms with Crippen LogP contribution in [0.2, 0.25) is 0 Å². The van der Waals surface area contributed by atoms with Crippen molar-refractivity contribution >= 4 is 11.9 Å². The molecule has 2 aromatic carbocycles. The summed E-state index contributed by atoms with van der Waals surface area (Å²) in [6.45, 7) is 1.62. The second-order valence-electron chi connectivity index (χ2n) is 7.31. The predicted molar refractivity (Wildman–Crippen MR) is 113 cm³/mol. The normalized spacial score (nSPS) is 11.2. The minimum absolute atomic E-state index is 0.0671. The van der Waals surface area contributed by atoms with Crippen molar-refractivity contribution in [2.75, 3.05) is 14.2 Å². The monoisotopic (exact) mass is 459 g/mol. The van der Waals surface area contributed by atoms with Crippen LogP contribution in [0.5, 0.6) is 0 Å². The van der Waals surface area contributed by atoms with Gasteiger partial charge in [0.25, 0.3) is 5.91 Å². The van der Waals surface area contributed by atoms with Gasteiger partial charge in [-0.2, -0.15) is 18.3 Å². The summed E-state index contributed by atoms with van der Waals surface area (Å²) in [5, 5.41) is 4.06. The maximum absolute atomic E-state index is 13.1. The third kappa shape index (κ3) is 5.28. The molecule has 3 aromatic rings. The number of aromatic nitrogens is 2. The maximum atomic E-state index is 13.1. The molecule has 0 aliphatic heterocycles. The van der Waals surface area contributed by atoms with Crippen molar-refractivity contribution in [2.24, 2.45) is 0 Å². The molecule has 0 unspecified atom stereocenters. The Balaban J connectivity index is 1.89. The second-order valence-corrected chi connectivity index (χ2v) is 7.31. The fraction of sp³-hybridized carbons (Fsp3) is 0.217. The fourth-order valence-electron chi connectivity index (χ4n) is 3.16. The Morgan fingerprint density at radius 2 is 1.76 bits per heavy atom. The number of rotatable bonds is 5. The summed E-state index contributed by atoms with van der Waals surface area (Å²) < 4.78 is 45.0. The standard InChI is InChI=1S/C23H20F3N3O4/c1-14-11-19(30)20(27-29(14)18-6-4-5-17(12-18)23(24,25)26)21(31)28(2)13-15-7-9-16(10-8-15)22(32)33-3/h4-12H,13H2,1-3H3. The smallest absolute Gasteiger partial charge is 0.416 e. The van der Waals surface area contributed by atoms with Crippen molar-refractivity contribution in [3.05, 3.63) is 92.9 Å². The third-order valence-electron chi connectivity index (χ3n) is 4.87. The second kappa shape index (κ2) is 9.27. The van der Waals surface area contributed by atoms with Crippen LogP contribution >= 0.6 is 0 Å². The molecular weight excluding hydrogens is 439 g/mol. The lowest BCUT2D eigenvalue weighted by atomic mass is 10.1. The Morgan fingerprint density at radius 3 is 2.36 bits per heavy atom. The Morgan fingerprint density at radius 1 is 1.09 bits per heavy atom. The number of methoxy groups -OCH3 is 1. The van der Waals surface area contributed by atoms with Gasteiger partial charge in [-0.3, -0.25) is 9.59 Å². The number of esters is 1. The highest BCUT2D eigenvalue weighted by atomic mass is 19.4. The molecule has 0 aliphatic rings. The molecule has 7 nitrogen and oxygen atoms in total. The molecule has 1 amide bonds. The number of amides is 1. The van der Waals surface area contributed by atoms with Crippen molar-refractivity contribution in [1.82, 2.24) is 14.7 Å². The number of halogens is 3. The predicted octanol–water partition coefficient (Wildman–Crippen LogP) is 3.62. The van der Waals surface area contributed by atoms with Gasteiger partial charge in [-0.15, -0.1) is 0 Å². The molecular formula is C23H20F3N3O4. The van der Waals surface area contributed by atoms with Crippen LogP contribution in [-0.4, -0.2) is 40.7 Å². The minimum Gasteiger partial charge on any atom is -0.465 e. The number of benzene rings is 2. The molecule has 0 atom stereocenters. The molecule has 33 heavy (non-hydrogen) atoms. The van der Waals surface area contributed by atoms with E-state index in [1.807, 2.05) is 0 Å². The largest absolute Gasteiger partial charge is 0.465 e. The Bertz CT molecular complexity index is 1250. The van der Waals surface area contributed by atoms with Gasteiger partial charge in [0.1, 0.15) is 0 Å². The van der Waals surface area contributed by atoms with E-state index < -0.39 is 34.7 Å². The average molecular weight is 459 g/mol. The van der Waals surface area contributed by atoms with Crippen LogP contribution in [0.3, 0.4) is 0 Å². The van der Waals surface area contributed by atoms with Crippen LogP contribution in [0.1, 0.15) is 37.7 Å². The first-order chi connectivity index (χ1) is 15.5. The zero-order valence-corrected chi connectivity index (χ0v) is 18.0. The van der Waals surface area contributed by atoms with E-state index in [0.29, 0.717) is 11.1 Å². The number of alkyl halides is 3. The molecule has 0 aliphatic carbocycles. The number of carbonyl (C=O) groups excluding carboxylic acids is 2. The van der Waals surface area contributed by atoms with Crippen molar-refractivity contribution in [3.8, 4) is 5.69 Å². The van der Waals surface area contributed by atoms with Crippen molar-refractivity contribution in [2.45, 2.75) is 19.6 Å². The van der Waals surface area contributed by atoms with E-state index in [0.717, 1.165) is 22.9 Å². The summed E-state index contributed by atoms with van der Waals surface area (Å²) in [4.78, 5) is 38.1. The summed E-state index contributed by atoms with van der Waals surface area (Å²) >= 11 is 0. The molecule has 0 saturated carbocycles. The van der Waals surface area contributed by atoms with E-state index in [1.54, 1.807) is 24.3 Å². The van der Waals surface area contributed by atoms with Crippen LogP contribution in [0.25, 0.3) is 5.69 Å². The van der Waals surface area contributed by atoms with Gasteiger partial charge in [-0.1, -0.05) is 18.2 Å².